The first kappa shape index (κ1) is 23.4. The van der Waals surface area contributed by atoms with E-state index in [9.17, 15) is 14.9 Å². The predicted molar refractivity (Wildman–Crippen MR) is 115 cm³/mol. The Morgan fingerprint density at radius 1 is 1.23 bits per heavy atom. The summed E-state index contributed by atoms with van der Waals surface area (Å²) in [6, 6.07) is 11.5. The number of nitrogens with one attached hydrogen (secondary N) is 2. The van der Waals surface area contributed by atoms with E-state index in [2.05, 4.69) is 35.6 Å². The number of hydrogen-bond acceptors (Lipinski definition) is 6. The Morgan fingerprint density at radius 2 is 1.90 bits per heavy atom. The van der Waals surface area contributed by atoms with Crippen molar-refractivity contribution in [2.75, 3.05) is 19.6 Å². The molecule has 0 saturated heterocycles. The van der Waals surface area contributed by atoms with Crippen LogP contribution in [0.5, 0.6) is 0 Å². The minimum absolute atomic E-state index is 0.0813. The SMILES string of the molecule is CCCN(CCC)C1CC(NOC(C)=O)=CC1C(C#N)CNC(=O)c1ccccc1. The van der Waals surface area contributed by atoms with E-state index in [0.29, 0.717) is 12.0 Å². The zero-order valence-corrected chi connectivity index (χ0v) is 18.1. The van der Waals surface area contributed by atoms with Crippen LogP contribution in [0.3, 0.4) is 0 Å². The van der Waals surface area contributed by atoms with E-state index in [1.165, 1.54) is 6.92 Å². The van der Waals surface area contributed by atoms with E-state index in [1.54, 1.807) is 12.1 Å². The Kier molecular flexibility index (Phi) is 9.36. The molecule has 2 N–H and O–H groups in total. The van der Waals surface area contributed by atoms with Gasteiger partial charge >= 0.3 is 5.97 Å². The quantitative estimate of drug-likeness (QED) is 0.543. The van der Waals surface area contributed by atoms with Gasteiger partial charge in [0.25, 0.3) is 5.91 Å². The van der Waals surface area contributed by atoms with Crippen LogP contribution in [-0.4, -0.2) is 42.5 Å². The molecule has 1 aromatic rings. The van der Waals surface area contributed by atoms with Crippen LogP contribution < -0.4 is 10.8 Å². The van der Waals surface area contributed by atoms with Crippen molar-refractivity contribution in [3.05, 3.63) is 47.7 Å². The molecule has 0 aromatic heterocycles. The lowest BCUT2D eigenvalue weighted by Crippen LogP contribution is -2.44. The molecule has 1 amide bonds. The molecule has 3 atom stereocenters. The van der Waals surface area contributed by atoms with Crippen LogP contribution in [0.2, 0.25) is 0 Å². The zero-order valence-electron chi connectivity index (χ0n) is 18.1. The second-order valence-corrected chi connectivity index (χ2v) is 7.58. The Balaban J connectivity index is 2.15. The summed E-state index contributed by atoms with van der Waals surface area (Å²) in [5.41, 5.74) is 4.11. The summed E-state index contributed by atoms with van der Waals surface area (Å²) >= 11 is 0. The normalized spacial score (nSPS) is 19.0. The summed E-state index contributed by atoms with van der Waals surface area (Å²) in [5, 5.41) is 12.8. The number of nitrogens with zero attached hydrogens (tertiary/aromatic N) is 2. The van der Waals surface area contributed by atoms with Crippen LogP contribution in [0.25, 0.3) is 0 Å². The molecule has 0 heterocycles. The summed E-state index contributed by atoms with van der Waals surface area (Å²) in [6.07, 6.45) is 4.67. The number of hydrogen-bond donors (Lipinski definition) is 2. The molecule has 0 bridgehead atoms. The molecule has 1 aromatic carbocycles. The smallest absolute Gasteiger partial charge is 0.329 e. The van der Waals surface area contributed by atoms with E-state index < -0.39 is 11.9 Å². The van der Waals surface area contributed by atoms with Crippen LogP contribution in [0.1, 0.15) is 50.4 Å². The maximum Gasteiger partial charge on any atom is 0.329 e. The van der Waals surface area contributed by atoms with Gasteiger partial charge in [-0.1, -0.05) is 38.1 Å². The highest BCUT2D eigenvalue weighted by Crippen LogP contribution is 2.33. The van der Waals surface area contributed by atoms with Crippen LogP contribution in [-0.2, 0) is 9.63 Å². The summed E-state index contributed by atoms with van der Waals surface area (Å²) in [6.45, 7) is 7.74. The molecular formula is C23H32N4O3. The fourth-order valence-corrected chi connectivity index (χ4v) is 3.92. The number of rotatable bonds is 11. The van der Waals surface area contributed by atoms with E-state index in [1.807, 2.05) is 24.3 Å². The standard InChI is InChI=1S/C23H32N4O3/c1-4-11-27(12-5-2)22-14-20(26-30-17(3)28)13-21(22)19(15-24)16-25-23(29)18-9-7-6-8-10-18/h6-10,13,19,21-22,26H,4-5,11-12,14,16H2,1-3H3,(H,25,29). The first-order valence-corrected chi connectivity index (χ1v) is 10.6. The third kappa shape index (κ3) is 6.60. The molecule has 0 saturated carbocycles. The lowest BCUT2D eigenvalue weighted by atomic mass is 9.88. The van der Waals surface area contributed by atoms with Gasteiger partial charge in [0.15, 0.2) is 0 Å². The highest BCUT2D eigenvalue weighted by atomic mass is 16.7. The molecule has 7 nitrogen and oxygen atoms in total. The number of amides is 1. The zero-order chi connectivity index (χ0) is 21.9. The average Bonchev–Trinajstić information content (AvgIpc) is 3.17. The molecule has 0 spiro atoms. The third-order valence-corrected chi connectivity index (χ3v) is 5.23. The molecule has 0 radical (unpaired) electrons. The number of benzene rings is 1. The van der Waals surface area contributed by atoms with E-state index in [4.69, 9.17) is 4.84 Å². The van der Waals surface area contributed by atoms with Gasteiger partial charge in [-0.15, -0.1) is 0 Å². The number of nitriles is 1. The van der Waals surface area contributed by atoms with Gasteiger partial charge in [-0.2, -0.15) is 5.26 Å². The highest BCUT2D eigenvalue weighted by molar-refractivity contribution is 5.94. The summed E-state index contributed by atoms with van der Waals surface area (Å²) < 4.78 is 0. The summed E-state index contributed by atoms with van der Waals surface area (Å²) in [7, 11) is 0. The fraction of sp³-hybridized carbons (Fsp3) is 0.522. The molecule has 1 aliphatic carbocycles. The van der Waals surface area contributed by atoms with Gasteiger partial charge < -0.3 is 10.2 Å². The Bertz CT molecular complexity index is 766. The van der Waals surface area contributed by atoms with Crippen molar-refractivity contribution in [3.63, 3.8) is 0 Å². The molecule has 1 aliphatic rings. The molecule has 162 valence electrons. The van der Waals surface area contributed by atoms with Gasteiger partial charge in [-0.05, 0) is 38.1 Å². The molecule has 30 heavy (non-hydrogen) atoms. The summed E-state index contributed by atoms with van der Waals surface area (Å²) in [5.74, 6) is -1.08. The second kappa shape index (κ2) is 12.0. The monoisotopic (exact) mass is 412 g/mol. The maximum absolute atomic E-state index is 12.4. The van der Waals surface area contributed by atoms with Crippen LogP contribution in [0.4, 0.5) is 0 Å². The van der Waals surface area contributed by atoms with Crippen LogP contribution >= 0.6 is 0 Å². The van der Waals surface area contributed by atoms with Crippen molar-refractivity contribution in [1.82, 2.24) is 15.7 Å². The van der Waals surface area contributed by atoms with Gasteiger partial charge in [-0.3, -0.25) is 14.5 Å². The van der Waals surface area contributed by atoms with Crippen LogP contribution in [0, 0.1) is 23.2 Å². The lowest BCUT2D eigenvalue weighted by molar-refractivity contribution is -0.146. The fourth-order valence-electron chi connectivity index (χ4n) is 3.92. The van der Waals surface area contributed by atoms with E-state index in [0.717, 1.165) is 31.6 Å². The van der Waals surface area contributed by atoms with Gasteiger partial charge in [-0.25, -0.2) is 5.48 Å². The minimum Gasteiger partial charge on any atom is -0.351 e. The average molecular weight is 413 g/mol. The Morgan fingerprint density at radius 3 is 2.47 bits per heavy atom. The Hall–Kier alpha value is -2.85. The van der Waals surface area contributed by atoms with E-state index in [-0.39, 0.29) is 24.4 Å². The second-order valence-electron chi connectivity index (χ2n) is 7.58. The van der Waals surface area contributed by atoms with E-state index >= 15 is 0 Å². The number of carbonyl (C=O) groups is 2. The van der Waals surface area contributed by atoms with Crippen molar-refractivity contribution in [2.45, 2.75) is 46.1 Å². The largest absolute Gasteiger partial charge is 0.351 e. The highest BCUT2D eigenvalue weighted by Gasteiger charge is 2.37. The molecular weight excluding hydrogens is 380 g/mol. The van der Waals surface area contributed by atoms with Gasteiger partial charge in [0, 0.05) is 43.1 Å². The summed E-state index contributed by atoms with van der Waals surface area (Å²) in [4.78, 5) is 31.0. The first-order valence-electron chi connectivity index (χ1n) is 10.6. The van der Waals surface area contributed by atoms with Crippen molar-refractivity contribution in [3.8, 4) is 6.07 Å². The molecule has 7 heteroatoms. The van der Waals surface area contributed by atoms with Gasteiger partial charge in [0.1, 0.15) is 0 Å². The molecule has 3 unspecified atom stereocenters. The topological polar surface area (TPSA) is 94.5 Å². The lowest BCUT2D eigenvalue weighted by Gasteiger charge is -2.34. The molecule has 2 rings (SSSR count). The number of carbonyl (C=O) groups excluding carboxylic acids is 2. The van der Waals surface area contributed by atoms with Crippen molar-refractivity contribution >= 4 is 11.9 Å². The first-order chi connectivity index (χ1) is 14.5. The molecule has 0 aliphatic heterocycles. The predicted octanol–water partition coefficient (Wildman–Crippen LogP) is 3.02. The van der Waals surface area contributed by atoms with Crippen molar-refractivity contribution in [2.24, 2.45) is 11.8 Å². The molecule has 0 fully saturated rings. The van der Waals surface area contributed by atoms with Gasteiger partial charge in [0.05, 0.1) is 12.0 Å². The Labute approximate surface area is 179 Å². The number of hydroxylamine groups is 1. The van der Waals surface area contributed by atoms with Crippen LogP contribution in [0.15, 0.2) is 42.1 Å². The van der Waals surface area contributed by atoms with Gasteiger partial charge in [0.2, 0.25) is 0 Å². The third-order valence-electron chi connectivity index (χ3n) is 5.23. The maximum atomic E-state index is 12.4. The minimum atomic E-state index is -0.415. The van der Waals surface area contributed by atoms with Crippen molar-refractivity contribution < 1.29 is 14.4 Å². The van der Waals surface area contributed by atoms with Crippen molar-refractivity contribution in [1.29, 1.82) is 5.26 Å².